The smallest absolute Gasteiger partial charge is 0.251 e. The third-order valence-electron chi connectivity index (χ3n) is 4.93. The molecule has 30 heavy (non-hydrogen) atoms. The summed E-state index contributed by atoms with van der Waals surface area (Å²) < 4.78 is 5.47. The lowest BCUT2D eigenvalue weighted by Gasteiger charge is -2.28. The Morgan fingerprint density at radius 1 is 1.07 bits per heavy atom. The number of benzene rings is 2. The number of methoxy groups -OCH3 is 1. The van der Waals surface area contributed by atoms with E-state index in [0.717, 1.165) is 11.3 Å². The molecule has 0 radical (unpaired) electrons. The second kappa shape index (κ2) is 11.0. The van der Waals surface area contributed by atoms with Gasteiger partial charge in [0.2, 0.25) is 5.91 Å². The second-order valence-electron chi connectivity index (χ2n) is 7.67. The van der Waals surface area contributed by atoms with E-state index in [2.05, 4.69) is 10.6 Å². The molecule has 0 saturated heterocycles. The monoisotopic (exact) mass is 431 g/mol. The van der Waals surface area contributed by atoms with E-state index in [4.69, 9.17) is 16.3 Å². The third-order valence-corrected chi connectivity index (χ3v) is 5.19. The van der Waals surface area contributed by atoms with Gasteiger partial charge in [-0.15, -0.1) is 0 Å². The highest BCUT2D eigenvalue weighted by Gasteiger charge is 2.26. The number of hydrogen-bond donors (Lipinski definition) is 2. The van der Waals surface area contributed by atoms with Gasteiger partial charge in [0.25, 0.3) is 5.91 Å². The Morgan fingerprint density at radius 2 is 1.70 bits per heavy atom. The first-order valence-electron chi connectivity index (χ1n) is 9.88. The molecule has 6 nitrogen and oxygen atoms in total. The number of ether oxygens (including phenoxy) is 1. The number of rotatable bonds is 9. The Balaban J connectivity index is 2.09. The minimum absolute atomic E-state index is 0.0784. The number of nitrogens with zero attached hydrogens (tertiary/aromatic N) is 1. The maximum atomic E-state index is 12.9. The Labute approximate surface area is 183 Å². The summed E-state index contributed by atoms with van der Waals surface area (Å²) in [4.78, 5) is 27.5. The Kier molecular flexibility index (Phi) is 8.69. The molecule has 0 saturated carbocycles. The molecule has 2 aromatic rings. The fourth-order valence-corrected chi connectivity index (χ4v) is 3.31. The van der Waals surface area contributed by atoms with Crippen LogP contribution in [0.2, 0.25) is 5.02 Å². The van der Waals surface area contributed by atoms with Gasteiger partial charge in [-0.2, -0.15) is 0 Å². The molecule has 2 atom stereocenters. The highest BCUT2D eigenvalue weighted by Crippen LogP contribution is 2.27. The van der Waals surface area contributed by atoms with Crippen molar-refractivity contribution in [2.75, 3.05) is 27.7 Å². The number of nitrogens with one attached hydrogen (secondary N) is 2. The number of likely N-dealkylation sites (N-methyl/N-ethyl adjacent to an activating group) is 1. The molecular formula is C23H30ClN3O3. The lowest BCUT2D eigenvalue weighted by Crippen LogP contribution is -2.51. The van der Waals surface area contributed by atoms with E-state index in [-0.39, 0.29) is 23.8 Å². The summed E-state index contributed by atoms with van der Waals surface area (Å²) in [5, 5.41) is 6.38. The predicted molar refractivity (Wildman–Crippen MR) is 120 cm³/mol. The molecule has 2 amide bonds. The van der Waals surface area contributed by atoms with Gasteiger partial charge < -0.3 is 20.3 Å². The van der Waals surface area contributed by atoms with E-state index in [1.165, 1.54) is 0 Å². The van der Waals surface area contributed by atoms with Crippen LogP contribution in [-0.2, 0) is 4.79 Å². The minimum atomic E-state index is -0.659. The zero-order valence-corrected chi connectivity index (χ0v) is 18.9. The van der Waals surface area contributed by atoms with Crippen LogP contribution >= 0.6 is 11.6 Å². The summed E-state index contributed by atoms with van der Waals surface area (Å²) in [6.07, 6.45) is 0. The van der Waals surface area contributed by atoms with Crippen molar-refractivity contribution < 1.29 is 14.3 Å². The summed E-state index contributed by atoms with van der Waals surface area (Å²) in [7, 11) is 5.53. The van der Waals surface area contributed by atoms with Gasteiger partial charge in [-0.25, -0.2) is 0 Å². The Morgan fingerprint density at radius 3 is 2.27 bits per heavy atom. The maximum Gasteiger partial charge on any atom is 0.251 e. The molecule has 0 aliphatic carbocycles. The van der Waals surface area contributed by atoms with Crippen LogP contribution in [0.5, 0.6) is 5.75 Å². The number of para-hydroxylation sites is 1. The number of carbonyl (C=O) groups is 2. The lowest BCUT2D eigenvalue weighted by atomic mass is 10.0. The lowest BCUT2D eigenvalue weighted by molar-refractivity contribution is -0.124. The summed E-state index contributed by atoms with van der Waals surface area (Å²) in [6, 6.07) is 13.6. The van der Waals surface area contributed by atoms with E-state index in [9.17, 15) is 9.59 Å². The van der Waals surface area contributed by atoms with Gasteiger partial charge in [0.05, 0.1) is 13.2 Å². The number of halogens is 1. The van der Waals surface area contributed by atoms with Gasteiger partial charge in [0, 0.05) is 22.7 Å². The van der Waals surface area contributed by atoms with Crippen LogP contribution in [0.25, 0.3) is 0 Å². The van der Waals surface area contributed by atoms with Crippen molar-refractivity contribution in [3.63, 3.8) is 0 Å². The van der Waals surface area contributed by atoms with Crippen LogP contribution in [0.1, 0.15) is 35.8 Å². The molecule has 2 N–H and O–H groups in total. The molecule has 2 unspecified atom stereocenters. The second-order valence-corrected chi connectivity index (χ2v) is 8.10. The zero-order valence-electron chi connectivity index (χ0n) is 18.1. The van der Waals surface area contributed by atoms with Gasteiger partial charge in [-0.1, -0.05) is 43.6 Å². The summed E-state index contributed by atoms with van der Waals surface area (Å²) in [5.74, 6) is 0.149. The van der Waals surface area contributed by atoms with E-state index in [1.807, 2.05) is 57.1 Å². The third kappa shape index (κ3) is 6.21. The van der Waals surface area contributed by atoms with Gasteiger partial charge in [0.15, 0.2) is 0 Å². The number of carbonyl (C=O) groups excluding carboxylic acids is 2. The molecule has 0 aliphatic heterocycles. The highest BCUT2D eigenvalue weighted by molar-refractivity contribution is 6.30. The van der Waals surface area contributed by atoms with E-state index < -0.39 is 6.04 Å². The Hall–Kier alpha value is -2.57. The fourth-order valence-electron chi connectivity index (χ4n) is 3.18. The van der Waals surface area contributed by atoms with Crippen LogP contribution in [0.15, 0.2) is 48.5 Å². The first-order chi connectivity index (χ1) is 14.2. The first-order valence-corrected chi connectivity index (χ1v) is 10.3. The standard InChI is InChI=1S/C23H30ClN3O3/c1-15(2)21(26-22(28)16-10-12-17(24)13-11-16)23(29)25-14-19(27(3)4)18-8-6-7-9-20(18)30-5/h6-13,15,19,21H,14H2,1-5H3,(H,25,29)(H,26,28). The van der Waals surface area contributed by atoms with Crippen molar-refractivity contribution in [3.05, 3.63) is 64.7 Å². The van der Waals surface area contributed by atoms with Crippen LogP contribution in [0, 0.1) is 5.92 Å². The molecule has 0 bridgehead atoms. The average molecular weight is 432 g/mol. The molecule has 0 spiro atoms. The first kappa shape index (κ1) is 23.7. The molecule has 2 aromatic carbocycles. The zero-order chi connectivity index (χ0) is 22.3. The molecule has 2 rings (SSSR count). The molecule has 162 valence electrons. The van der Waals surface area contributed by atoms with Gasteiger partial charge >= 0.3 is 0 Å². The Bertz CT molecular complexity index is 853. The minimum Gasteiger partial charge on any atom is -0.496 e. The molecule has 0 aliphatic rings. The summed E-state index contributed by atoms with van der Waals surface area (Å²) >= 11 is 5.88. The van der Waals surface area contributed by atoms with E-state index in [0.29, 0.717) is 17.1 Å². The summed E-state index contributed by atoms with van der Waals surface area (Å²) in [5.41, 5.74) is 1.44. The van der Waals surface area contributed by atoms with E-state index in [1.54, 1.807) is 31.4 Å². The summed E-state index contributed by atoms with van der Waals surface area (Å²) in [6.45, 7) is 4.18. The largest absolute Gasteiger partial charge is 0.496 e. The molecule has 0 fully saturated rings. The van der Waals surface area contributed by atoms with Gasteiger partial charge in [0.1, 0.15) is 11.8 Å². The normalized spacial score (nSPS) is 13.1. The van der Waals surface area contributed by atoms with Gasteiger partial charge in [-0.05, 0) is 50.3 Å². The molecule has 0 heterocycles. The number of amides is 2. The van der Waals surface area contributed by atoms with Crippen LogP contribution in [0.3, 0.4) is 0 Å². The predicted octanol–water partition coefficient (Wildman–Crippen LogP) is 3.52. The van der Waals surface area contributed by atoms with Crippen molar-refractivity contribution in [2.24, 2.45) is 5.92 Å². The molecule has 0 aromatic heterocycles. The molecular weight excluding hydrogens is 402 g/mol. The quantitative estimate of drug-likeness (QED) is 0.637. The van der Waals surface area contributed by atoms with Crippen molar-refractivity contribution in [2.45, 2.75) is 25.9 Å². The maximum absolute atomic E-state index is 12.9. The topological polar surface area (TPSA) is 70.7 Å². The fraction of sp³-hybridized carbons (Fsp3) is 0.391. The van der Waals surface area contributed by atoms with E-state index >= 15 is 0 Å². The molecule has 7 heteroatoms. The van der Waals surface area contributed by atoms with Crippen molar-refractivity contribution in [3.8, 4) is 5.75 Å². The average Bonchev–Trinajstić information content (AvgIpc) is 2.72. The van der Waals surface area contributed by atoms with Crippen LogP contribution in [0.4, 0.5) is 0 Å². The number of hydrogen-bond acceptors (Lipinski definition) is 4. The highest BCUT2D eigenvalue weighted by atomic mass is 35.5. The van der Waals surface area contributed by atoms with Crippen LogP contribution in [-0.4, -0.2) is 50.5 Å². The van der Waals surface area contributed by atoms with Crippen molar-refractivity contribution >= 4 is 23.4 Å². The SMILES string of the molecule is COc1ccccc1C(CNC(=O)C(NC(=O)c1ccc(Cl)cc1)C(C)C)N(C)C. The van der Waals surface area contributed by atoms with Crippen LogP contribution < -0.4 is 15.4 Å². The van der Waals surface area contributed by atoms with Crippen molar-refractivity contribution in [1.82, 2.24) is 15.5 Å². The van der Waals surface area contributed by atoms with Crippen molar-refractivity contribution in [1.29, 1.82) is 0 Å². The van der Waals surface area contributed by atoms with Gasteiger partial charge in [-0.3, -0.25) is 9.59 Å².